The number of oxazole rings is 1. The van der Waals surface area contributed by atoms with E-state index in [1.54, 1.807) is 18.2 Å². The van der Waals surface area contributed by atoms with Crippen LogP contribution in [0.5, 0.6) is 0 Å². The molecule has 2 amide bonds. The third-order valence-corrected chi connectivity index (χ3v) is 1.90. The zero-order valence-corrected chi connectivity index (χ0v) is 7.96. The molecule has 0 aliphatic carbocycles. The van der Waals surface area contributed by atoms with Crippen LogP contribution < -0.4 is 16.4 Å². The van der Waals surface area contributed by atoms with Crippen molar-refractivity contribution in [3.8, 4) is 0 Å². The van der Waals surface area contributed by atoms with Gasteiger partial charge in [-0.15, -0.1) is 0 Å². The Morgan fingerprint density at radius 1 is 1.47 bits per heavy atom. The number of aromatic amines is 1. The third kappa shape index (κ3) is 1.83. The maximum atomic E-state index is 11.0. The van der Waals surface area contributed by atoms with E-state index in [-0.39, 0.29) is 6.03 Å². The maximum absolute atomic E-state index is 11.0. The van der Waals surface area contributed by atoms with E-state index in [9.17, 15) is 9.59 Å². The number of H-pyrrole nitrogens is 1. The molecule has 0 aliphatic rings. The fourth-order valence-corrected chi connectivity index (χ4v) is 1.22. The lowest BCUT2D eigenvalue weighted by Gasteiger charge is -2.02. The van der Waals surface area contributed by atoms with Crippen LogP contribution in [0.4, 0.5) is 10.5 Å². The van der Waals surface area contributed by atoms with E-state index < -0.39 is 5.76 Å². The number of amides is 2. The monoisotopic (exact) mass is 207 g/mol. The summed E-state index contributed by atoms with van der Waals surface area (Å²) in [5.41, 5.74) is 1.59. The number of urea groups is 1. The van der Waals surface area contributed by atoms with Crippen LogP contribution in [-0.2, 0) is 0 Å². The van der Waals surface area contributed by atoms with Gasteiger partial charge in [0.05, 0.1) is 5.52 Å². The van der Waals surface area contributed by atoms with Crippen molar-refractivity contribution in [3.63, 3.8) is 0 Å². The molecule has 0 unspecified atom stereocenters. The first-order chi connectivity index (χ1) is 7.19. The van der Waals surface area contributed by atoms with Crippen molar-refractivity contribution in [1.82, 2.24) is 10.3 Å². The number of nitrogens with one attached hydrogen (secondary N) is 3. The SMILES string of the molecule is CNC(=O)Nc1ccc2oc(=O)[nH]c2c1. The maximum Gasteiger partial charge on any atom is 0.417 e. The molecule has 0 atom stereocenters. The summed E-state index contributed by atoms with van der Waals surface area (Å²) in [6.45, 7) is 0. The van der Waals surface area contributed by atoms with Crippen molar-refractivity contribution in [1.29, 1.82) is 0 Å². The number of carbonyl (C=O) groups is 1. The molecule has 6 heteroatoms. The summed E-state index contributed by atoms with van der Waals surface area (Å²) in [5, 5.41) is 5.00. The van der Waals surface area contributed by atoms with E-state index in [2.05, 4.69) is 15.6 Å². The molecule has 15 heavy (non-hydrogen) atoms. The van der Waals surface area contributed by atoms with Crippen LogP contribution in [0.3, 0.4) is 0 Å². The topological polar surface area (TPSA) is 87.1 Å². The van der Waals surface area contributed by atoms with Gasteiger partial charge in [0.15, 0.2) is 5.58 Å². The molecule has 1 aromatic heterocycles. The minimum atomic E-state index is -0.512. The quantitative estimate of drug-likeness (QED) is 0.648. The van der Waals surface area contributed by atoms with Gasteiger partial charge < -0.3 is 15.1 Å². The molecule has 0 saturated carbocycles. The van der Waals surface area contributed by atoms with Gasteiger partial charge in [0.25, 0.3) is 0 Å². The van der Waals surface area contributed by atoms with E-state index in [1.165, 1.54) is 7.05 Å². The highest BCUT2D eigenvalue weighted by Gasteiger charge is 2.03. The molecule has 2 aromatic rings. The van der Waals surface area contributed by atoms with Crippen molar-refractivity contribution in [2.75, 3.05) is 12.4 Å². The Hall–Kier alpha value is -2.24. The van der Waals surface area contributed by atoms with E-state index in [0.717, 1.165) is 0 Å². The number of fused-ring (bicyclic) bond motifs is 1. The summed E-state index contributed by atoms with van der Waals surface area (Å²) in [6, 6.07) is 4.56. The van der Waals surface area contributed by atoms with Gasteiger partial charge >= 0.3 is 11.8 Å². The van der Waals surface area contributed by atoms with Crippen LogP contribution in [0.2, 0.25) is 0 Å². The van der Waals surface area contributed by atoms with E-state index in [1.807, 2.05) is 0 Å². The number of hydrogen-bond acceptors (Lipinski definition) is 3. The van der Waals surface area contributed by atoms with Crippen LogP contribution in [0.15, 0.2) is 27.4 Å². The lowest BCUT2D eigenvalue weighted by atomic mass is 10.3. The predicted octanol–water partition coefficient (Wildman–Crippen LogP) is 0.872. The van der Waals surface area contributed by atoms with Crippen molar-refractivity contribution in [2.45, 2.75) is 0 Å². The number of carbonyl (C=O) groups excluding carboxylic acids is 1. The molecule has 1 aromatic carbocycles. The van der Waals surface area contributed by atoms with Gasteiger partial charge in [-0.05, 0) is 18.2 Å². The zero-order valence-electron chi connectivity index (χ0n) is 7.96. The fourth-order valence-electron chi connectivity index (χ4n) is 1.22. The Labute approximate surface area is 84.3 Å². The molecule has 2 rings (SSSR count). The highest BCUT2D eigenvalue weighted by atomic mass is 16.4. The zero-order chi connectivity index (χ0) is 10.8. The summed E-state index contributed by atoms with van der Waals surface area (Å²) >= 11 is 0. The number of hydrogen-bond donors (Lipinski definition) is 3. The second-order valence-electron chi connectivity index (χ2n) is 2.93. The van der Waals surface area contributed by atoms with Crippen LogP contribution in [0, 0.1) is 0 Å². The van der Waals surface area contributed by atoms with Crippen LogP contribution in [0.1, 0.15) is 0 Å². The normalized spacial score (nSPS) is 10.2. The first-order valence-electron chi connectivity index (χ1n) is 4.30. The molecular formula is C9H9N3O3. The minimum absolute atomic E-state index is 0.319. The van der Waals surface area contributed by atoms with Crippen LogP contribution in [0.25, 0.3) is 11.1 Å². The van der Waals surface area contributed by atoms with E-state index >= 15 is 0 Å². The summed E-state index contributed by atoms with van der Waals surface area (Å²) in [7, 11) is 1.52. The van der Waals surface area contributed by atoms with Crippen molar-refractivity contribution < 1.29 is 9.21 Å². The lowest BCUT2D eigenvalue weighted by Crippen LogP contribution is -2.24. The standard InChI is InChI=1S/C9H9N3O3/c1-10-8(13)11-5-2-3-7-6(4-5)12-9(14)15-7/h2-4H,1H3,(H,12,14)(H2,10,11,13). The summed E-state index contributed by atoms with van der Waals surface area (Å²) < 4.78 is 4.81. The lowest BCUT2D eigenvalue weighted by molar-refractivity contribution is 0.254. The van der Waals surface area contributed by atoms with Gasteiger partial charge in [-0.3, -0.25) is 4.98 Å². The second kappa shape index (κ2) is 3.49. The smallest absolute Gasteiger partial charge is 0.408 e. The Balaban J connectivity index is 2.38. The molecular weight excluding hydrogens is 198 g/mol. The largest absolute Gasteiger partial charge is 0.417 e. The number of benzene rings is 1. The molecule has 0 aliphatic heterocycles. The van der Waals surface area contributed by atoms with Crippen LogP contribution in [-0.4, -0.2) is 18.1 Å². The Morgan fingerprint density at radius 3 is 3.00 bits per heavy atom. The molecule has 0 spiro atoms. The molecule has 0 fully saturated rings. The summed E-state index contributed by atoms with van der Waals surface area (Å²) in [5.74, 6) is -0.512. The minimum Gasteiger partial charge on any atom is -0.408 e. The third-order valence-electron chi connectivity index (χ3n) is 1.90. The Kier molecular flexibility index (Phi) is 2.17. The Bertz CT molecular complexity index is 555. The van der Waals surface area contributed by atoms with Gasteiger partial charge in [-0.25, -0.2) is 9.59 Å². The highest BCUT2D eigenvalue weighted by molar-refractivity contribution is 5.91. The summed E-state index contributed by atoms with van der Waals surface area (Å²) in [4.78, 5) is 24.4. The van der Waals surface area contributed by atoms with Crippen molar-refractivity contribution in [2.24, 2.45) is 0 Å². The second-order valence-corrected chi connectivity index (χ2v) is 2.93. The highest BCUT2D eigenvalue weighted by Crippen LogP contribution is 2.15. The van der Waals surface area contributed by atoms with Gasteiger partial charge in [0, 0.05) is 12.7 Å². The molecule has 3 N–H and O–H groups in total. The van der Waals surface area contributed by atoms with E-state index in [0.29, 0.717) is 16.8 Å². The number of rotatable bonds is 1. The average Bonchev–Trinajstić information content (AvgIpc) is 2.57. The fraction of sp³-hybridized carbons (Fsp3) is 0.111. The van der Waals surface area contributed by atoms with Gasteiger partial charge in [0.1, 0.15) is 0 Å². The van der Waals surface area contributed by atoms with Gasteiger partial charge in [-0.1, -0.05) is 0 Å². The molecule has 0 radical (unpaired) electrons. The van der Waals surface area contributed by atoms with Crippen molar-refractivity contribution in [3.05, 3.63) is 28.7 Å². The Morgan fingerprint density at radius 2 is 2.27 bits per heavy atom. The number of anilines is 1. The molecule has 0 saturated heterocycles. The number of aromatic nitrogens is 1. The predicted molar refractivity (Wildman–Crippen MR) is 54.9 cm³/mol. The van der Waals surface area contributed by atoms with Crippen molar-refractivity contribution >= 4 is 22.8 Å². The molecule has 78 valence electrons. The molecule has 1 heterocycles. The first-order valence-corrected chi connectivity index (χ1v) is 4.30. The molecule has 0 bridgehead atoms. The average molecular weight is 207 g/mol. The first kappa shape index (κ1) is 9.32. The van der Waals surface area contributed by atoms with Gasteiger partial charge in [0.2, 0.25) is 0 Å². The van der Waals surface area contributed by atoms with Gasteiger partial charge in [-0.2, -0.15) is 0 Å². The summed E-state index contributed by atoms with van der Waals surface area (Å²) in [6.07, 6.45) is 0. The van der Waals surface area contributed by atoms with Crippen LogP contribution >= 0.6 is 0 Å². The molecule has 6 nitrogen and oxygen atoms in total. The van der Waals surface area contributed by atoms with E-state index in [4.69, 9.17) is 4.42 Å².